The Labute approximate surface area is 120 Å². The second-order valence-corrected chi connectivity index (χ2v) is 7.85. The standard InChI is InChI=1S/C13H24N2O4S/c1-19-7-6-15(12-4-8-20(17,18)10-12)13(16)11-3-2-5-14-9-11/h11-12,14H,2-10H2,1H3/t11-,12?/m0/s1. The van der Waals surface area contributed by atoms with Crippen LogP contribution in [-0.4, -0.2) is 70.1 Å². The number of amides is 1. The van der Waals surface area contributed by atoms with Gasteiger partial charge in [0.05, 0.1) is 24.0 Å². The van der Waals surface area contributed by atoms with Gasteiger partial charge in [0.1, 0.15) is 0 Å². The molecular formula is C13H24N2O4S. The number of piperidine rings is 1. The third kappa shape index (κ3) is 3.93. The van der Waals surface area contributed by atoms with E-state index in [4.69, 9.17) is 4.74 Å². The van der Waals surface area contributed by atoms with Crippen LogP contribution < -0.4 is 5.32 Å². The van der Waals surface area contributed by atoms with E-state index >= 15 is 0 Å². The molecule has 0 saturated carbocycles. The summed E-state index contributed by atoms with van der Waals surface area (Å²) < 4.78 is 28.3. The number of hydrogen-bond acceptors (Lipinski definition) is 5. The maximum atomic E-state index is 12.6. The summed E-state index contributed by atoms with van der Waals surface area (Å²) in [5.41, 5.74) is 0. The molecule has 0 aromatic heterocycles. The first-order chi connectivity index (χ1) is 9.53. The lowest BCUT2D eigenvalue weighted by Gasteiger charge is -2.33. The predicted octanol–water partition coefficient (Wildman–Crippen LogP) is -0.352. The van der Waals surface area contributed by atoms with Crippen molar-refractivity contribution in [2.24, 2.45) is 5.92 Å². The molecule has 0 radical (unpaired) electrons. The van der Waals surface area contributed by atoms with Gasteiger partial charge >= 0.3 is 0 Å². The number of carbonyl (C=O) groups is 1. The van der Waals surface area contributed by atoms with Crippen LogP contribution in [-0.2, 0) is 19.4 Å². The molecule has 2 aliphatic heterocycles. The van der Waals surface area contributed by atoms with Crippen molar-refractivity contribution in [1.29, 1.82) is 0 Å². The lowest BCUT2D eigenvalue weighted by Crippen LogP contribution is -2.49. The van der Waals surface area contributed by atoms with Crippen molar-refractivity contribution in [3.05, 3.63) is 0 Å². The van der Waals surface area contributed by atoms with Gasteiger partial charge < -0.3 is 15.0 Å². The summed E-state index contributed by atoms with van der Waals surface area (Å²) in [5.74, 6) is 0.347. The maximum Gasteiger partial charge on any atom is 0.227 e. The van der Waals surface area contributed by atoms with Crippen molar-refractivity contribution in [1.82, 2.24) is 10.2 Å². The highest BCUT2D eigenvalue weighted by atomic mass is 32.2. The van der Waals surface area contributed by atoms with Gasteiger partial charge in [-0.05, 0) is 25.8 Å². The minimum atomic E-state index is -2.98. The Kier molecular flexibility index (Phi) is 5.40. The number of carbonyl (C=O) groups excluding carboxylic acids is 1. The Bertz CT molecular complexity index is 432. The van der Waals surface area contributed by atoms with E-state index < -0.39 is 9.84 Å². The van der Waals surface area contributed by atoms with Crippen molar-refractivity contribution in [3.8, 4) is 0 Å². The molecule has 0 aromatic rings. The Morgan fingerprint density at radius 1 is 1.40 bits per heavy atom. The molecule has 2 aliphatic rings. The second kappa shape index (κ2) is 6.87. The van der Waals surface area contributed by atoms with Crippen molar-refractivity contribution in [2.75, 3.05) is 44.9 Å². The second-order valence-electron chi connectivity index (χ2n) is 5.62. The monoisotopic (exact) mass is 304 g/mol. The van der Waals surface area contributed by atoms with Crippen LogP contribution in [0.3, 0.4) is 0 Å². The van der Waals surface area contributed by atoms with E-state index in [2.05, 4.69) is 5.32 Å². The molecule has 0 aliphatic carbocycles. The number of ether oxygens (including phenoxy) is 1. The minimum absolute atomic E-state index is 0.0242. The van der Waals surface area contributed by atoms with Gasteiger partial charge in [-0.15, -0.1) is 0 Å². The summed E-state index contributed by atoms with van der Waals surface area (Å²) in [4.78, 5) is 14.4. The smallest absolute Gasteiger partial charge is 0.227 e. The molecule has 6 nitrogen and oxygen atoms in total. The first kappa shape index (κ1) is 15.7. The van der Waals surface area contributed by atoms with Gasteiger partial charge in [0.25, 0.3) is 0 Å². The molecule has 0 aromatic carbocycles. The lowest BCUT2D eigenvalue weighted by molar-refractivity contribution is -0.138. The fourth-order valence-electron chi connectivity index (χ4n) is 2.98. The van der Waals surface area contributed by atoms with Crippen LogP contribution in [0.2, 0.25) is 0 Å². The van der Waals surface area contributed by atoms with E-state index in [0.717, 1.165) is 19.4 Å². The van der Waals surface area contributed by atoms with Gasteiger partial charge in [-0.2, -0.15) is 0 Å². The molecule has 20 heavy (non-hydrogen) atoms. The van der Waals surface area contributed by atoms with Crippen LogP contribution in [0.25, 0.3) is 0 Å². The van der Waals surface area contributed by atoms with Gasteiger partial charge in [-0.3, -0.25) is 4.79 Å². The number of rotatable bonds is 5. The quantitative estimate of drug-likeness (QED) is 0.751. The van der Waals surface area contributed by atoms with E-state index in [1.807, 2.05) is 0 Å². The largest absolute Gasteiger partial charge is 0.383 e. The first-order valence-electron chi connectivity index (χ1n) is 7.24. The highest BCUT2D eigenvalue weighted by molar-refractivity contribution is 7.91. The van der Waals surface area contributed by atoms with Crippen molar-refractivity contribution >= 4 is 15.7 Å². The van der Waals surface area contributed by atoms with Crippen LogP contribution in [0, 0.1) is 5.92 Å². The zero-order valence-electron chi connectivity index (χ0n) is 12.0. The van der Waals surface area contributed by atoms with Gasteiger partial charge in [-0.25, -0.2) is 8.42 Å². The number of sulfone groups is 1. The molecule has 1 amide bonds. The van der Waals surface area contributed by atoms with Crippen LogP contribution in [0.15, 0.2) is 0 Å². The van der Waals surface area contributed by atoms with Gasteiger partial charge in [0.2, 0.25) is 5.91 Å². The Morgan fingerprint density at radius 3 is 2.75 bits per heavy atom. The molecule has 1 unspecified atom stereocenters. The summed E-state index contributed by atoms with van der Waals surface area (Å²) in [6.45, 7) is 2.58. The van der Waals surface area contributed by atoms with E-state index in [0.29, 0.717) is 26.1 Å². The number of nitrogens with one attached hydrogen (secondary N) is 1. The third-order valence-electron chi connectivity index (χ3n) is 4.11. The molecule has 116 valence electrons. The molecule has 2 rings (SSSR count). The SMILES string of the molecule is COCCN(C(=O)[C@H]1CCCNC1)C1CCS(=O)(=O)C1. The van der Waals surface area contributed by atoms with Crippen LogP contribution in [0.4, 0.5) is 0 Å². The zero-order valence-corrected chi connectivity index (χ0v) is 12.8. The molecule has 0 bridgehead atoms. The predicted molar refractivity (Wildman–Crippen MR) is 76.2 cm³/mol. The fraction of sp³-hybridized carbons (Fsp3) is 0.923. The minimum Gasteiger partial charge on any atom is -0.383 e. The molecule has 2 atom stereocenters. The average molecular weight is 304 g/mol. The molecule has 1 N–H and O–H groups in total. The van der Waals surface area contributed by atoms with E-state index in [1.165, 1.54) is 0 Å². The molecular weight excluding hydrogens is 280 g/mol. The highest BCUT2D eigenvalue weighted by Gasteiger charge is 2.36. The number of hydrogen-bond donors (Lipinski definition) is 1. The van der Waals surface area contributed by atoms with Gasteiger partial charge in [-0.1, -0.05) is 0 Å². The van der Waals surface area contributed by atoms with Crippen LogP contribution >= 0.6 is 0 Å². The van der Waals surface area contributed by atoms with Crippen molar-refractivity contribution in [3.63, 3.8) is 0 Å². The summed E-state index contributed by atoms with van der Waals surface area (Å²) in [6.07, 6.45) is 2.43. The molecule has 2 saturated heterocycles. The van der Waals surface area contributed by atoms with Crippen molar-refractivity contribution < 1.29 is 17.9 Å². The van der Waals surface area contributed by atoms with Gasteiger partial charge in [0.15, 0.2) is 9.84 Å². The maximum absolute atomic E-state index is 12.6. The molecule has 2 fully saturated rings. The summed E-state index contributed by atoms with van der Waals surface area (Å²) in [6, 6.07) is -0.176. The van der Waals surface area contributed by atoms with E-state index in [1.54, 1.807) is 12.0 Å². The third-order valence-corrected chi connectivity index (χ3v) is 5.87. The number of methoxy groups -OCH3 is 1. The zero-order chi connectivity index (χ0) is 14.6. The normalized spacial score (nSPS) is 29.2. The Balaban J connectivity index is 2.04. The lowest BCUT2D eigenvalue weighted by atomic mass is 9.97. The van der Waals surface area contributed by atoms with Crippen LogP contribution in [0.1, 0.15) is 19.3 Å². The fourth-order valence-corrected chi connectivity index (χ4v) is 4.71. The van der Waals surface area contributed by atoms with Gasteiger partial charge in [0, 0.05) is 26.2 Å². The number of nitrogens with zero attached hydrogens (tertiary/aromatic N) is 1. The van der Waals surface area contributed by atoms with Crippen LogP contribution in [0.5, 0.6) is 0 Å². The summed E-state index contributed by atoms with van der Waals surface area (Å²) in [7, 11) is -1.39. The van der Waals surface area contributed by atoms with E-state index in [-0.39, 0.29) is 29.4 Å². The van der Waals surface area contributed by atoms with Crippen molar-refractivity contribution in [2.45, 2.75) is 25.3 Å². The Hall–Kier alpha value is -0.660. The van der Waals surface area contributed by atoms with E-state index in [9.17, 15) is 13.2 Å². The highest BCUT2D eigenvalue weighted by Crippen LogP contribution is 2.22. The average Bonchev–Trinajstić information content (AvgIpc) is 2.80. The summed E-state index contributed by atoms with van der Waals surface area (Å²) >= 11 is 0. The molecule has 7 heteroatoms. The molecule has 0 spiro atoms. The topological polar surface area (TPSA) is 75.7 Å². The summed E-state index contributed by atoms with van der Waals surface area (Å²) in [5, 5.41) is 3.24. The first-order valence-corrected chi connectivity index (χ1v) is 9.06. The molecule has 2 heterocycles. The Morgan fingerprint density at radius 2 is 2.20 bits per heavy atom.